The average molecular weight is 282 g/mol. The Morgan fingerprint density at radius 1 is 1.33 bits per heavy atom. The van der Waals surface area contributed by atoms with Crippen molar-refractivity contribution in [2.24, 2.45) is 0 Å². The van der Waals surface area contributed by atoms with Crippen molar-refractivity contribution in [3.63, 3.8) is 0 Å². The molecule has 0 fully saturated rings. The lowest BCUT2D eigenvalue weighted by molar-refractivity contribution is -0.141. The van der Waals surface area contributed by atoms with E-state index >= 15 is 0 Å². The summed E-state index contributed by atoms with van der Waals surface area (Å²) in [7, 11) is 1.45. The number of alkyl halides is 3. The molecule has 3 nitrogen and oxygen atoms in total. The average Bonchev–Trinajstić information content (AvgIpc) is 2.69. The van der Waals surface area contributed by atoms with Crippen LogP contribution in [0, 0.1) is 0 Å². The Hall–Kier alpha value is -0.660. The van der Waals surface area contributed by atoms with Crippen LogP contribution >= 0.6 is 11.3 Å². The molecular weight excluding hydrogens is 265 g/mol. The van der Waals surface area contributed by atoms with E-state index < -0.39 is 18.0 Å². The van der Waals surface area contributed by atoms with E-state index in [1.165, 1.54) is 7.11 Å². The molecule has 1 heterocycles. The van der Waals surface area contributed by atoms with Gasteiger partial charge in [0, 0.05) is 19.7 Å². The predicted octanol–water partition coefficient (Wildman–Crippen LogP) is 3.37. The molecule has 1 unspecified atom stereocenters. The monoisotopic (exact) mass is 282 g/mol. The molecule has 0 amide bonds. The van der Waals surface area contributed by atoms with Crippen molar-refractivity contribution in [2.45, 2.75) is 45.6 Å². The number of rotatable bonds is 5. The van der Waals surface area contributed by atoms with Crippen LogP contribution in [0.4, 0.5) is 13.2 Å². The lowest BCUT2D eigenvalue weighted by atomic mass is 10.3. The zero-order valence-electron chi connectivity index (χ0n) is 10.8. The van der Waals surface area contributed by atoms with Crippen molar-refractivity contribution in [2.75, 3.05) is 7.11 Å². The minimum atomic E-state index is -4.42. The quantitative estimate of drug-likeness (QED) is 0.899. The highest BCUT2D eigenvalue weighted by atomic mass is 32.1. The van der Waals surface area contributed by atoms with Gasteiger partial charge in [-0.15, -0.1) is 11.3 Å². The van der Waals surface area contributed by atoms with Crippen LogP contribution in [0.15, 0.2) is 0 Å². The first-order valence-electron chi connectivity index (χ1n) is 5.58. The number of ether oxygens (including phenoxy) is 1. The van der Waals surface area contributed by atoms with Gasteiger partial charge in [0.25, 0.3) is 0 Å². The SMILES string of the molecule is COC(C)c1nc(C(F)(F)F)c(CNC(C)C)s1. The van der Waals surface area contributed by atoms with Gasteiger partial charge in [-0.05, 0) is 6.92 Å². The van der Waals surface area contributed by atoms with Gasteiger partial charge in [-0.2, -0.15) is 13.2 Å². The van der Waals surface area contributed by atoms with Gasteiger partial charge in [0.1, 0.15) is 11.1 Å². The lowest BCUT2D eigenvalue weighted by Gasteiger charge is -2.09. The zero-order chi connectivity index (χ0) is 13.9. The first-order valence-corrected chi connectivity index (χ1v) is 6.40. The number of aromatic nitrogens is 1. The largest absolute Gasteiger partial charge is 0.434 e. The summed E-state index contributed by atoms with van der Waals surface area (Å²) in [6.07, 6.45) is -4.85. The Morgan fingerprint density at radius 2 is 1.94 bits per heavy atom. The minimum Gasteiger partial charge on any atom is -0.375 e. The predicted molar refractivity (Wildman–Crippen MR) is 64.5 cm³/mol. The number of nitrogens with one attached hydrogen (secondary N) is 1. The third-order valence-corrected chi connectivity index (χ3v) is 3.57. The van der Waals surface area contributed by atoms with Crippen molar-refractivity contribution < 1.29 is 17.9 Å². The second-order valence-corrected chi connectivity index (χ2v) is 5.35. The fourth-order valence-electron chi connectivity index (χ4n) is 1.28. The van der Waals surface area contributed by atoms with E-state index in [1.807, 2.05) is 13.8 Å². The molecule has 1 N–H and O–H groups in total. The first kappa shape index (κ1) is 15.4. The van der Waals surface area contributed by atoms with Crippen molar-refractivity contribution in [3.8, 4) is 0 Å². The van der Waals surface area contributed by atoms with Crippen LogP contribution in [0.5, 0.6) is 0 Å². The van der Waals surface area contributed by atoms with Crippen LogP contribution in [-0.2, 0) is 17.5 Å². The summed E-state index contributed by atoms with van der Waals surface area (Å²) in [4.78, 5) is 3.86. The molecule has 0 spiro atoms. The van der Waals surface area contributed by atoms with E-state index in [1.54, 1.807) is 6.92 Å². The Balaban J connectivity index is 3.01. The van der Waals surface area contributed by atoms with Gasteiger partial charge in [0.2, 0.25) is 0 Å². The van der Waals surface area contributed by atoms with E-state index in [0.717, 1.165) is 11.3 Å². The summed E-state index contributed by atoms with van der Waals surface area (Å²) in [6, 6.07) is 0.122. The molecule has 0 aliphatic heterocycles. The van der Waals surface area contributed by atoms with Gasteiger partial charge in [-0.25, -0.2) is 4.98 Å². The van der Waals surface area contributed by atoms with Crippen molar-refractivity contribution in [1.82, 2.24) is 10.3 Å². The van der Waals surface area contributed by atoms with Crippen LogP contribution < -0.4 is 5.32 Å². The fraction of sp³-hybridized carbons (Fsp3) is 0.727. The third-order valence-electron chi connectivity index (χ3n) is 2.35. The molecular formula is C11H17F3N2OS. The van der Waals surface area contributed by atoms with Crippen molar-refractivity contribution in [3.05, 3.63) is 15.6 Å². The smallest absolute Gasteiger partial charge is 0.375 e. The highest BCUT2D eigenvalue weighted by Gasteiger charge is 2.37. The molecule has 1 aromatic rings. The zero-order valence-corrected chi connectivity index (χ0v) is 11.6. The van der Waals surface area contributed by atoms with Crippen LogP contribution in [0.25, 0.3) is 0 Å². The number of hydrogen-bond donors (Lipinski definition) is 1. The van der Waals surface area contributed by atoms with Crippen LogP contribution in [0.2, 0.25) is 0 Å². The summed E-state index contributed by atoms with van der Waals surface area (Å²) < 4.78 is 43.5. The Morgan fingerprint density at radius 3 is 2.39 bits per heavy atom. The molecule has 0 saturated carbocycles. The maximum atomic E-state index is 12.8. The summed E-state index contributed by atoms with van der Waals surface area (Å²) in [5.74, 6) is 0. The van der Waals surface area contributed by atoms with Gasteiger partial charge in [0.05, 0.1) is 4.88 Å². The number of halogens is 3. The van der Waals surface area contributed by atoms with E-state index in [2.05, 4.69) is 10.3 Å². The van der Waals surface area contributed by atoms with Crippen LogP contribution in [-0.4, -0.2) is 18.1 Å². The summed E-state index contributed by atoms with van der Waals surface area (Å²) in [5.41, 5.74) is -0.806. The molecule has 0 saturated heterocycles. The van der Waals surface area contributed by atoms with Crippen LogP contribution in [0.1, 0.15) is 42.5 Å². The molecule has 0 bridgehead atoms. The molecule has 0 aliphatic carbocycles. The Labute approximate surface area is 108 Å². The summed E-state index contributed by atoms with van der Waals surface area (Å²) in [5, 5.41) is 3.33. The molecule has 1 rings (SSSR count). The highest BCUT2D eigenvalue weighted by molar-refractivity contribution is 7.11. The maximum Gasteiger partial charge on any atom is 0.434 e. The van der Waals surface area contributed by atoms with Crippen LogP contribution in [0.3, 0.4) is 0 Å². The molecule has 18 heavy (non-hydrogen) atoms. The second kappa shape index (κ2) is 5.99. The van der Waals surface area contributed by atoms with Gasteiger partial charge < -0.3 is 10.1 Å². The van der Waals surface area contributed by atoms with Gasteiger partial charge in [-0.3, -0.25) is 0 Å². The first-order chi connectivity index (χ1) is 8.25. The second-order valence-electron chi connectivity index (χ2n) is 4.24. The summed E-state index contributed by atoms with van der Waals surface area (Å²) >= 11 is 1.04. The van der Waals surface area contributed by atoms with E-state index in [4.69, 9.17) is 4.74 Å². The van der Waals surface area contributed by atoms with Gasteiger partial charge in [-0.1, -0.05) is 13.8 Å². The Bertz CT molecular complexity index is 390. The van der Waals surface area contributed by atoms with E-state index in [9.17, 15) is 13.2 Å². The van der Waals surface area contributed by atoms with Crippen molar-refractivity contribution in [1.29, 1.82) is 0 Å². The topological polar surface area (TPSA) is 34.1 Å². The van der Waals surface area contributed by atoms with Gasteiger partial charge in [0.15, 0.2) is 5.69 Å². The van der Waals surface area contributed by atoms with Crippen molar-refractivity contribution >= 4 is 11.3 Å². The van der Waals surface area contributed by atoms with Gasteiger partial charge >= 0.3 is 6.18 Å². The molecule has 104 valence electrons. The molecule has 1 atom stereocenters. The summed E-state index contributed by atoms with van der Waals surface area (Å²) in [6.45, 7) is 5.61. The molecule has 0 aliphatic rings. The number of methoxy groups -OCH3 is 1. The normalized spacial score (nSPS) is 14.2. The van der Waals surface area contributed by atoms with E-state index in [-0.39, 0.29) is 17.5 Å². The third kappa shape index (κ3) is 3.93. The molecule has 7 heteroatoms. The standard InChI is InChI=1S/C11H17F3N2OS/c1-6(2)15-5-8-9(11(12,13)14)16-10(18-8)7(3)17-4/h6-7,15H,5H2,1-4H3. The Kier molecular flexibility index (Phi) is 5.12. The number of hydrogen-bond acceptors (Lipinski definition) is 4. The lowest BCUT2D eigenvalue weighted by Crippen LogP contribution is -2.23. The maximum absolute atomic E-state index is 12.8. The molecule has 1 aromatic heterocycles. The number of thiazole rings is 1. The highest BCUT2D eigenvalue weighted by Crippen LogP contribution is 2.36. The minimum absolute atomic E-state index is 0.122. The van der Waals surface area contributed by atoms with E-state index in [0.29, 0.717) is 5.01 Å². The fourth-order valence-corrected chi connectivity index (χ4v) is 2.35. The number of nitrogens with zero attached hydrogens (tertiary/aromatic N) is 1. The molecule has 0 aromatic carbocycles. The molecule has 0 radical (unpaired) electrons.